The molecule has 0 saturated carbocycles. The van der Waals surface area contributed by atoms with Crippen LogP contribution in [0.5, 0.6) is 0 Å². The number of amides is 1. The lowest BCUT2D eigenvalue weighted by Crippen LogP contribution is -2.35. The second-order valence-corrected chi connectivity index (χ2v) is 4.09. The van der Waals surface area contributed by atoms with Crippen LogP contribution in [-0.4, -0.2) is 12.7 Å². The lowest BCUT2D eigenvalue weighted by Gasteiger charge is -2.23. The third kappa shape index (κ3) is 3.11. The largest absolute Gasteiger partial charge is 0.449 e. The Morgan fingerprint density at radius 2 is 2.00 bits per heavy atom. The molecule has 1 aliphatic heterocycles. The first-order valence-electron chi connectivity index (χ1n) is 4.44. The van der Waals surface area contributed by atoms with Crippen molar-refractivity contribution in [3.8, 4) is 0 Å². The molecule has 0 aliphatic carbocycles. The van der Waals surface area contributed by atoms with Gasteiger partial charge < -0.3 is 10.1 Å². The van der Waals surface area contributed by atoms with Gasteiger partial charge in [0.15, 0.2) is 0 Å². The summed E-state index contributed by atoms with van der Waals surface area (Å²) in [5, 5.41) is 2.78. The number of halogens is 2. The molecule has 0 aromatic heterocycles. The van der Waals surface area contributed by atoms with E-state index in [1.54, 1.807) is 0 Å². The van der Waals surface area contributed by atoms with Gasteiger partial charge in [-0.1, -0.05) is 28.1 Å². The van der Waals surface area contributed by atoms with Crippen molar-refractivity contribution in [2.45, 2.75) is 12.5 Å². The van der Waals surface area contributed by atoms with E-state index in [4.69, 9.17) is 4.74 Å². The summed E-state index contributed by atoms with van der Waals surface area (Å²) in [5.74, 6) is 0. The fourth-order valence-electron chi connectivity index (χ4n) is 1.47. The standard InChI is InChI=1S/C10H10BrNO2.ClH/c11-8-3-1-7(2-4-8)9-5-6-14-10(13)12-9;/h1-4,9H,5-6H2,(H,12,13);1H/t9-;/m1./s1. The molecule has 1 atom stereocenters. The van der Waals surface area contributed by atoms with Gasteiger partial charge in [-0.3, -0.25) is 0 Å². The lowest BCUT2D eigenvalue weighted by molar-refractivity contribution is 0.115. The summed E-state index contributed by atoms with van der Waals surface area (Å²) >= 11 is 3.37. The predicted molar refractivity (Wildman–Crippen MR) is 63.2 cm³/mol. The van der Waals surface area contributed by atoms with Gasteiger partial charge in [0.05, 0.1) is 12.6 Å². The van der Waals surface area contributed by atoms with E-state index in [2.05, 4.69) is 21.2 Å². The third-order valence-corrected chi connectivity index (χ3v) is 2.73. The van der Waals surface area contributed by atoms with Gasteiger partial charge in [0.2, 0.25) is 0 Å². The molecule has 1 aromatic carbocycles. The van der Waals surface area contributed by atoms with Crippen molar-refractivity contribution in [2.24, 2.45) is 0 Å². The summed E-state index contributed by atoms with van der Waals surface area (Å²) in [4.78, 5) is 11.0. The molecule has 1 heterocycles. The maximum absolute atomic E-state index is 11.0. The zero-order chi connectivity index (χ0) is 9.97. The van der Waals surface area contributed by atoms with E-state index in [9.17, 15) is 4.79 Å². The fraction of sp³-hybridized carbons (Fsp3) is 0.300. The highest BCUT2D eigenvalue weighted by Gasteiger charge is 2.20. The van der Waals surface area contributed by atoms with Gasteiger partial charge in [-0.05, 0) is 17.7 Å². The number of hydrogen-bond acceptors (Lipinski definition) is 2. The molecule has 1 N–H and O–H groups in total. The molecule has 0 unspecified atom stereocenters. The van der Waals surface area contributed by atoms with Crippen LogP contribution in [0.25, 0.3) is 0 Å². The van der Waals surface area contributed by atoms with Crippen molar-refractivity contribution in [3.63, 3.8) is 0 Å². The van der Waals surface area contributed by atoms with Gasteiger partial charge >= 0.3 is 6.09 Å². The molecule has 0 bridgehead atoms. The zero-order valence-corrected chi connectivity index (χ0v) is 10.3. The van der Waals surface area contributed by atoms with Crippen molar-refractivity contribution in [3.05, 3.63) is 34.3 Å². The Morgan fingerprint density at radius 1 is 1.33 bits per heavy atom. The minimum absolute atomic E-state index is 0. The third-order valence-electron chi connectivity index (χ3n) is 2.20. The summed E-state index contributed by atoms with van der Waals surface area (Å²) in [6.45, 7) is 0.493. The van der Waals surface area contributed by atoms with Crippen LogP contribution in [-0.2, 0) is 4.74 Å². The minimum atomic E-state index is -0.329. The second-order valence-electron chi connectivity index (χ2n) is 3.17. The Kier molecular flexibility index (Phi) is 4.42. The highest BCUT2D eigenvalue weighted by atomic mass is 79.9. The molecule has 5 heteroatoms. The lowest BCUT2D eigenvalue weighted by atomic mass is 10.0. The molecule has 1 amide bonds. The SMILES string of the molecule is Cl.O=C1N[C@@H](c2ccc(Br)cc2)CCO1. The predicted octanol–water partition coefficient (Wildman–Crippen LogP) is 3.04. The summed E-state index contributed by atoms with van der Waals surface area (Å²) < 4.78 is 5.84. The van der Waals surface area contributed by atoms with Crippen LogP contribution in [0, 0.1) is 0 Å². The van der Waals surface area contributed by atoms with E-state index in [0.717, 1.165) is 16.5 Å². The van der Waals surface area contributed by atoms with Crippen LogP contribution in [0.1, 0.15) is 18.0 Å². The van der Waals surface area contributed by atoms with Gasteiger partial charge in [0.1, 0.15) is 0 Å². The molecule has 0 radical (unpaired) electrons. The van der Waals surface area contributed by atoms with Crippen LogP contribution >= 0.6 is 28.3 Å². The smallest absolute Gasteiger partial charge is 0.407 e. The first-order valence-corrected chi connectivity index (χ1v) is 5.24. The van der Waals surface area contributed by atoms with Crippen molar-refractivity contribution in [1.29, 1.82) is 0 Å². The Labute approximate surface area is 103 Å². The average Bonchev–Trinajstić information content (AvgIpc) is 2.19. The molecule has 0 spiro atoms. The molecule has 1 saturated heterocycles. The Balaban J connectivity index is 0.00000112. The van der Waals surface area contributed by atoms with Crippen LogP contribution in [0.3, 0.4) is 0 Å². The molecular weight excluding hydrogens is 281 g/mol. The van der Waals surface area contributed by atoms with Gasteiger partial charge in [-0.25, -0.2) is 4.79 Å². The highest BCUT2D eigenvalue weighted by Crippen LogP contribution is 2.21. The van der Waals surface area contributed by atoms with Crippen molar-refractivity contribution in [1.82, 2.24) is 5.32 Å². The van der Waals surface area contributed by atoms with Crippen LogP contribution in [0.15, 0.2) is 28.7 Å². The normalized spacial score (nSPS) is 19.8. The molecule has 1 aliphatic rings. The number of ether oxygens (including phenoxy) is 1. The number of rotatable bonds is 1. The first kappa shape index (κ1) is 12.3. The number of alkyl carbamates (subject to hydrolysis) is 1. The van der Waals surface area contributed by atoms with Gasteiger partial charge in [0.25, 0.3) is 0 Å². The van der Waals surface area contributed by atoms with E-state index in [1.807, 2.05) is 24.3 Å². The molecule has 82 valence electrons. The Morgan fingerprint density at radius 3 is 2.60 bits per heavy atom. The van der Waals surface area contributed by atoms with Crippen molar-refractivity contribution in [2.75, 3.05) is 6.61 Å². The quantitative estimate of drug-likeness (QED) is 0.864. The topological polar surface area (TPSA) is 38.3 Å². The molecule has 15 heavy (non-hydrogen) atoms. The summed E-state index contributed by atoms with van der Waals surface area (Å²) in [5.41, 5.74) is 1.12. The van der Waals surface area contributed by atoms with Crippen LogP contribution < -0.4 is 5.32 Å². The zero-order valence-electron chi connectivity index (χ0n) is 7.90. The van der Waals surface area contributed by atoms with Gasteiger partial charge in [0, 0.05) is 10.9 Å². The Hall–Kier alpha value is -0.740. The molecule has 1 fully saturated rings. The number of nitrogens with one attached hydrogen (secondary N) is 1. The molecule has 1 aromatic rings. The fourth-order valence-corrected chi connectivity index (χ4v) is 1.73. The molecular formula is C10H11BrClNO2. The van der Waals surface area contributed by atoms with Crippen LogP contribution in [0.4, 0.5) is 4.79 Å². The summed E-state index contributed by atoms with van der Waals surface area (Å²) in [6.07, 6.45) is 0.497. The van der Waals surface area contributed by atoms with Crippen molar-refractivity contribution < 1.29 is 9.53 Å². The maximum Gasteiger partial charge on any atom is 0.407 e. The van der Waals surface area contributed by atoms with Gasteiger partial charge in [-0.2, -0.15) is 0 Å². The second kappa shape index (κ2) is 5.37. The van der Waals surface area contributed by atoms with E-state index in [0.29, 0.717) is 6.61 Å². The number of benzene rings is 1. The number of carbonyl (C=O) groups excluding carboxylic acids is 1. The highest BCUT2D eigenvalue weighted by molar-refractivity contribution is 9.10. The summed E-state index contributed by atoms with van der Waals surface area (Å²) in [6, 6.07) is 8.03. The summed E-state index contributed by atoms with van der Waals surface area (Å²) in [7, 11) is 0. The van der Waals surface area contributed by atoms with E-state index in [1.165, 1.54) is 0 Å². The maximum atomic E-state index is 11.0. The van der Waals surface area contributed by atoms with Crippen molar-refractivity contribution >= 4 is 34.4 Å². The van der Waals surface area contributed by atoms with E-state index >= 15 is 0 Å². The average molecular weight is 293 g/mol. The number of cyclic esters (lactones) is 1. The number of hydrogen-bond donors (Lipinski definition) is 1. The van der Waals surface area contributed by atoms with Gasteiger partial charge in [-0.15, -0.1) is 12.4 Å². The first-order chi connectivity index (χ1) is 6.75. The monoisotopic (exact) mass is 291 g/mol. The molecule has 3 nitrogen and oxygen atoms in total. The minimum Gasteiger partial charge on any atom is -0.449 e. The van der Waals surface area contributed by atoms with E-state index < -0.39 is 0 Å². The van der Waals surface area contributed by atoms with Crippen LogP contribution in [0.2, 0.25) is 0 Å². The molecule has 2 rings (SSSR count). The van der Waals surface area contributed by atoms with E-state index in [-0.39, 0.29) is 24.5 Å². The number of carbonyl (C=O) groups is 1. The Bertz CT molecular complexity index is 342.